The number of hydrogen-bond donors (Lipinski definition) is 2. The number of aromatic nitrogens is 2. The molecule has 22 heavy (non-hydrogen) atoms. The molecule has 0 spiro atoms. The predicted molar refractivity (Wildman–Crippen MR) is 91.2 cm³/mol. The summed E-state index contributed by atoms with van der Waals surface area (Å²) in [5.41, 5.74) is 4.51. The Morgan fingerprint density at radius 3 is 2.36 bits per heavy atom. The third kappa shape index (κ3) is 3.28. The summed E-state index contributed by atoms with van der Waals surface area (Å²) in [7, 11) is 0. The Morgan fingerprint density at radius 2 is 1.68 bits per heavy atom. The quantitative estimate of drug-likeness (QED) is 0.913. The van der Waals surface area contributed by atoms with Crippen molar-refractivity contribution in [2.75, 3.05) is 18.4 Å². The molecular weight excluding hydrogens is 272 g/mol. The van der Waals surface area contributed by atoms with Crippen LogP contribution in [0.5, 0.6) is 0 Å². The van der Waals surface area contributed by atoms with E-state index in [1.54, 1.807) is 0 Å². The van der Waals surface area contributed by atoms with Crippen molar-refractivity contribution in [1.82, 2.24) is 15.3 Å². The van der Waals surface area contributed by atoms with Gasteiger partial charge in [0.1, 0.15) is 5.82 Å². The van der Waals surface area contributed by atoms with Gasteiger partial charge in [0, 0.05) is 22.9 Å². The summed E-state index contributed by atoms with van der Waals surface area (Å²) in [5, 5.41) is 7.02. The van der Waals surface area contributed by atoms with E-state index in [1.165, 1.54) is 5.56 Å². The van der Waals surface area contributed by atoms with Gasteiger partial charge in [-0.05, 0) is 46.7 Å². The van der Waals surface area contributed by atoms with Crippen LogP contribution < -0.4 is 10.6 Å². The highest BCUT2D eigenvalue weighted by molar-refractivity contribution is 5.60. The Kier molecular flexibility index (Phi) is 4.39. The fourth-order valence-corrected chi connectivity index (χ4v) is 2.76. The zero-order chi connectivity index (χ0) is 15.5. The lowest BCUT2D eigenvalue weighted by atomic mass is 10.1. The van der Waals surface area contributed by atoms with Gasteiger partial charge < -0.3 is 10.6 Å². The van der Waals surface area contributed by atoms with E-state index in [0.29, 0.717) is 6.04 Å². The Labute approximate surface area is 132 Å². The molecule has 0 unspecified atom stereocenters. The van der Waals surface area contributed by atoms with E-state index in [9.17, 15) is 0 Å². The third-order valence-corrected chi connectivity index (χ3v) is 4.38. The van der Waals surface area contributed by atoms with Crippen LogP contribution in [-0.2, 0) is 0 Å². The number of benzene rings is 1. The van der Waals surface area contributed by atoms with E-state index in [1.807, 2.05) is 0 Å². The normalized spacial score (nSPS) is 15.8. The zero-order valence-electron chi connectivity index (χ0n) is 13.6. The maximum atomic E-state index is 4.78. The second-order valence-corrected chi connectivity index (χ2v) is 6.14. The molecule has 3 rings (SSSR count). The summed E-state index contributed by atoms with van der Waals surface area (Å²) >= 11 is 0. The summed E-state index contributed by atoms with van der Waals surface area (Å²) < 4.78 is 0. The second-order valence-electron chi connectivity index (χ2n) is 6.14. The number of hydrogen-bond acceptors (Lipinski definition) is 4. The van der Waals surface area contributed by atoms with Gasteiger partial charge in [0.05, 0.1) is 0 Å². The maximum Gasteiger partial charge on any atom is 0.161 e. The van der Waals surface area contributed by atoms with Gasteiger partial charge in [-0.25, -0.2) is 9.97 Å². The van der Waals surface area contributed by atoms with Gasteiger partial charge in [0.2, 0.25) is 0 Å². The van der Waals surface area contributed by atoms with Crippen molar-refractivity contribution >= 4 is 5.82 Å². The van der Waals surface area contributed by atoms with Crippen LogP contribution in [0.3, 0.4) is 0 Å². The molecule has 0 aliphatic carbocycles. The summed E-state index contributed by atoms with van der Waals surface area (Å²) in [6.45, 7) is 8.40. The highest BCUT2D eigenvalue weighted by Gasteiger charge is 2.16. The van der Waals surface area contributed by atoms with Gasteiger partial charge in [-0.3, -0.25) is 0 Å². The first-order chi connectivity index (χ1) is 10.6. The van der Waals surface area contributed by atoms with Crippen LogP contribution in [-0.4, -0.2) is 29.1 Å². The van der Waals surface area contributed by atoms with Gasteiger partial charge in [0.15, 0.2) is 5.82 Å². The number of rotatable bonds is 3. The van der Waals surface area contributed by atoms with Gasteiger partial charge in [-0.15, -0.1) is 0 Å². The van der Waals surface area contributed by atoms with Crippen molar-refractivity contribution in [1.29, 1.82) is 0 Å². The van der Waals surface area contributed by atoms with Crippen LogP contribution in [0, 0.1) is 20.8 Å². The van der Waals surface area contributed by atoms with E-state index in [4.69, 9.17) is 4.98 Å². The molecule has 2 aromatic rings. The van der Waals surface area contributed by atoms with E-state index in [2.05, 4.69) is 60.7 Å². The Bertz CT molecular complexity index is 643. The molecule has 1 fully saturated rings. The average Bonchev–Trinajstić information content (AvgIpc) is 2.53. The lowest BCUT2D eigenvalue weighted by molar-refractivity contribution is 0.478. The highest BCUT2D eigenvalue weighted by Crippen LogP contribution is 2.23. The molecule has 4 nitrogen and oxygen atoms in total. The van der Waals surface area contributed by atoms with Gasteiger partial charge in [0.25, 0.3) is 0 Å². The van der Waals surface area contributed by atoms with Crippen LogP contribution in [0.1, 0.15) is 29.7 Å². The first kappa shape index (κ1) is 15.0. The van der Waals surface area contributed by atoms with Crippen molar-refractivity contribution in [2.24, 2.45) is 0 Å². The number of aryl methyl sites for hydroxylation is 2. The molecule has 1 aromatic carbocycles. The molecule has 116 valence electrons. The number of nitrogens with one attached hydrogen (secondary N) is 2. The molecule has 0 bridgehead atoms. The molecule has 0 saturated carbocycles. The third-order valence-electron chi connectivity index (χ3n) is 4.38. The minimum atomic E-state index is 0.500. The van der Waals surface area contributed by atoms with Crippen LogP contribution in [0.4, 0.5) is 5.82 Å². The molecule has 1 aliphatic heterocycles. The minimum Gasteiger partial charge on any atom is -0.367 e. The standard InChI is InChI=1S/C18H24N4/c1-12-4-6-15(7-5-12)18-20-14(3)13(2)17(22-18)21-16-8-10-19-11-9-16/h4-7,16,19H,8-11H2,1-3H3,(H,20,21,22). The van der Waals surface area contributed by atoms with Crippen molar-refractivity contribution in [3.8, 4) is 11.4 Å². The lowest BCUT2D eigenvalue weighted by Crippen LogP contribution is -2.35. The van der Waals surface area contributed by atoms with Gasteiger partial charge >= 0.3 is 0 Å². The molecule has 4 heteroatoms. The second kappa shape index (κ2) is 6.44. The summed E-state index contributed by atoms with van der Waals surface area (Å²) in [6.07, 6.45) is 2.28. The largest absolute Gasteiger partial charge is 0.367 e. The van der Waals surface area contributed by atoms with Crippen molar-refractivity contribution in [3.05, 3.63) is 41.1 Å². The molecule has 1 aliphatic rings. The highest BCUT2D eigenvalue weighted by atomic mass is 15.1. The van der Waals surface area contributed by atoms with Crippen LogP contribution in [0.15, 0.2) is 24.3 Å². The SMILES string of the molecule is Cc1ccc(-c2nc(C)c(C)c(NC3CCNCC3)n2)cc1. The summed E-state index contributed by atoms with van der Waals surface area (Å²) in [6, 6.07) is 8.89. The molecule has 1 saturated heterocycles. The van der Waals surface area contributed by atoms with Gasteiger partial charge in [-0.1, -0.05) is 29.8 Å². The lowest BCUT2D eigenvalue weighted by Gasteiger charge is -2.25. The topological polar surface area (TPSA) is 49.8 Å². The first-order valence-electron chi connectivity index (χ1n) is 8.03. The molecular formula is C18H24N4. The smallest absolute Gasteiger partial charge is 0.161 e. The zero-order valence-corrected chi connectivity index (χ0v) is 13.6. The number of anilines is 1. The van der Waals surface area contributed by atoms with E-state index >= 15 is 0 Å². The first-order valence-corrected chi connectivity index (χ1v) is 8.03. The fourth-order valence-electron chi connectivity index (χ4n) is 2.76. The minimum absolute atomic E-state index is 0.500. The van der Waals surface area contributed by atoms with Crippen molar-refractivity contribution < 1.29 is 0 Å². The molecule has 0 radical (unpaired) electrons. The van der Waals surface area contributed by atoms with E-state index in [0.717, 1.165) is 54.4 Å². The molecule has 0 atom stereocenters. The monoisotopic (exact) mass is 296 g/mol. The molecule has 0 amide bonds. The molecule has 2 N–H and O–H groups in total. The number of nitrogens with zero attached hydrogens (tertiary/aromatic N) is 2. The summed E-state index contributed by atoms with van der Waals surface area (Å²) in [4.78, 5) is 9.45. The summed E-state index contributed by atoms with van der Waals surface area (Å²) in [5.74, 6) is 1.79. The average molecular weight is 296 g/mol. The fraction of sp³-hybridized carbons (Fsp3) is 0.444. The Balaban J connectivity index is 1.90. The van der Waals surface area contributed by atoms with E-state index in [-0.39, 0.29) is 0 Å². The maximum absolute atomic E-state index is 4.78. The predicted octanol–water partition coefficient (Wildman–Crippen LogP) is 3.23. The van der Waals surface area contributed by atoms with Crippen molar-refractivity contribution in [2.45, 2.75) is 39.7 Å². The number of piperidine rings is 1. The van der Waals surface area contributed by atoms with E-state index < -0.39 is 0 Å². The van der Waals surface area contributed by atoms with Crippen molar-refractivity contribution in [3.63, 3.8) is 0 Å². The van der Waals surface area contributed by atoms with Crippen LogP contribution in [0.25, 0.3) is 11.4 Å². The van der Waals surface area contributed by atoms with Gasteiger partial charge in [-0.2, -0.15) is 0 Å². The Morgan fingerprint density at radius 1 is 1.00 bits per heavy atom. The van der Waals surface area contributed by atoms with Crippen LogP contribution in [0.2, 0.25) is 0 Å². The molecule has 2 heterocycles. The Hall–Kier alpha value is -1.94. The molecule has 1 aromatic heterocycles. The van der Waals surface area contributed by atoms with Crippen LogP contribution >= 0.6 is 0 Å².